The maximum absolute atomic E-state index is 12.0. The lowest BCUT2D eigenvalue weighted by molar-refractivity contribution is -0.122. The summed E-state index contributed by atoms with van der Waals surface area (Å²) in [6.07, 6.45) is 6.56. The predicted octanol–water partition coefficient (Wildman–Crippen LogP) is 2.34. The maximum Gasteiger partial charge on any atom is 0.234 e. The molecule has 0 unspecified atom stereocenters. The van der Waals surface area contributed by atoms with Gasteiger partial charge in [0.2, 0.25) is 5.91 Å². The molecule has 1 N–H and O–H groups in total. The molecule has 2 heterocycles. The number of carbonyl (C=O) groups excluding carboxylic acids is 1. The summed E-state index contributed by atoms with van der Waals surface area (Å²) in [5.74, 6) is 1.17. The second-order valence-electron chi connectivity index (χ2n) is 6.20. The number of hydrogen-bond acceptors (Lipinski definition) is 4. The smallest absolute Gasteiger partial charge is 0.234 e. The van der Waals surface area contributed by atoms with Crippen molar-refractivity contribution in [2.75, 3.05) is 19.6 Å². The fraction of sp³-hybridized carbons (Fsp3) is 0.812. The molecule has 0 aromatic carbocycles. The van der Waals surface area contributed by atoms with E-state index in [1.807, 2.05) is 4.68 Å². The number of rotatable bonds is 8. The minimum Gasteiger partial charge on any atom is -0.355 e. The third kappa shape index (κ3) is 5.14. The Morgan fingerprint density at radius 3 is 2.87 bits per heavy atom. The van der Waals surface area contributed by atoms with Crippen LogP contribution in [-0.4, -0.2) is 44.8 Å². The predicted molar refractivity (Wildman–Crippen MR) is 93.8 cm³/mol. The summed E-state index contributed by atoms with van der Waals surface area (Å²) in [6.45, 7) is 7.74. The number of aryl methyl sites for hydroxylation is 1. The second kappa shape index (κ2) is 9.17. The van der Waals surface area contributed by atoms with Crippen LogP contribution in [0.3, 0.4) is 0 Å². The molecular formula is C16H29N5OS. The van der Waals surface area contributed by atoms with E-state index < -0.39 is 0 Å². The fourth-order valence-corrected chi connectivity index (χ4v) is 3.24. The molecule has 1 aromatic heterocycles. The van der Waals surface area contributed by atoms with Crippen molar-refractivity contribution in [2.24, 2.45) is 0 Å². The molecule has 1 aromatic rings. The summed E-state index contributed by atoms with van der Waals surface area (Å²) < 4.78 is 4.85. The van der Waals surface area contributed by atoms with E-state index in [0.717, 1.165) is 49.5 Å². The highest BCUT2D eigenvalue weighted by Gasteiger charge is 2.16. The van der Waals surface area contributed by atoms with Gasteiger partial charge in [0.1, 0.15) is 5.82 Å². The first-order chi connectivity index (χ1) is 11.2. The van der Waals surface area contributed by atoms with E-state index in [9.17, 15) is 4.79 Å². The zero-order valence-corrected chi connectivity index (χ0v) is 15.2. The van der Waals surface area contributed by atoms with E-state index in [1.54, 1.807) is 0 Å². The molecule has 0 spiro atoms. The highest BCUT2D eigenvalue weighted by Crippen LogP contribution is 2.14. The molecule has 1 aliphatic rings. The Kier molecular flexibility index (Phi) is 7.23. The highest BCUT2D eigenvalue weighted by atomic mass is 32.1. The van der Waals surface area contributed by atoms with Crippen LogP contribution >= 0.6 is 12.2 Å². The Hall–Kier alpha value is -1.21. The molecular weight excluding hydrogens is 310 g/mol. The van der Waals surface area contributed by atoms with Crippen LogP contribution in [-0.2, 0) is 24.4 Å². The van der Waals surface area contributed by atoms with Crippen molar-refractivity contribution < 1.29 is 4.79 Å². The van der Waals surface area contributed by atoms with Gasteiger partial charge >= 0.3 is 0 Å². The lowest BCUT2D eigenvalue weighted by Crippen LogP contribution is -2.39. The molecule has 23 heavy (non-hydrogen) atoms. The third-order valence-corrected chi connectivity index (χ3v) is 4.53. The molecule has 0 fully saturated rings. The molecule has 0 radical (unpaired) electrons. The Morgan fingerprint density at radius 2 is 2.13 bits per heavy atom. The van der Waals surface area contributed by atoms with Gasteiger partial charge in [-0.3, -0.25) is 9.69 Å². The third-order valence-electron chi connectivity index (χ3n) is 4.09. The Bertz CT molecular complexity index is 565. The molecule has 0 saturated carbocycles. The topological polar surface area (TPSA) is 55.1 Å². The number of aromatic nitrogens is 3. The van der Waals surface area contributed by atoms with Crippen molar-refractivity contribution >= 4 is 18.1 Å². The van der Waals surface area contributed by atoms with Crippen LogP contribution in [0.4, 0.5) is 0 Å². The number of hydrogen-bond donors (Lipinski definition) is 1. The van der Waals surface area contributed by atoms with Crippen LogP contribution in [0.25, 0.3) is 0 Å². The number of nitrogens with zero attached hydrogens (tertiary/aromatic N) is 4. The standard InChI is InChI=1S/C16H29N5OS/c1-3-9-17-15(22)12-19(10-4-2)13-21-16(23)20-11-7-5-6-8-14(20)18-21/h3-13H2,1-2H3,(H,17,22). The quantitative estimate of drug-likeness (QED) is 0.739. The van der Waals surface area contributed by atoms with Gasteiger partial charge in [0.25, 0.3) is 0 Å². The van der Waals surface area contributed by atoms with Crippen LogP contribution in [0, 0.1) is 4.77 Å². The first-order valence-corrected chi connectivity index (χ1v) is 9.22. The Labute approximate surface area is 143 Å². The van der Waals surface area contributed by atoms with Crippen molar-refractivity contribution in [3.05, 3.63) is 10.6 Å². The first-order valence-electron chi connectivity index (χ1n) is 8.81. The van der Waals surface area contributed by atoms with E-state index >= 15 is 0 Å². The van der Waals surface area contributed by atoms with Gasteiger partial charge in [-0.05, 0) is 37.9 Å². The molecule has 0 saturated heterocycles. The second-order valence-corrected chi connectivity index (χ2v) is 6.57. The summed E-state index contributed by atoms with van der Waals surface area (Å²) in [7, 11) is 0. The van der Waals surface area contributed by atoms with Crippen molar-refractivity contribution in [3.63, 3.8) is 0 Å². The van der Waals surface area contributed by atoms with Crippen molar-refractivity contribution in [1.29, 1.82) is 0 Å². The van der Waals surface area contributed by atoms with Crippen LogP contribution < -0.4 is 5.32 Å². The van der Waals surface area contributed by atoms with Crippen LogP contribution in [0.5, 0.6) is 0 Å². The van der Waals surface area contributed by atoms with Gasteiger partial charge in [-0.1, -0.05) is 20.3 Å². The summed E-state index contributed by atoms with van der Waals surface area (Å²) in [5.41, 5.74) is 0. The highest BCUT2D eigenvalue weighted by molar-refractivity contribution is 7.71. The molecule has 0 atom stereocenters. The minimum absolute atomic E-state index is 0.0765. The number of fused-ring (bicyclic) bond motifs is 1. The molecule has 6 nitrogen and oxygen atoms in total. The van der Waals surface area contributed by atoms with Gasteiger partial charge in [0, 0.05) is 26.1 Å². The molecule has 1 aliphatic heterocycles. The number of amides is 1. The van der Waals surface area contributed by atoms with E-state index in [4.69, 9.17) is 17.3 Å². The monoisotopic (exact) mass is 339 g/mol. The fourth-order valence-electron chi connectivity index (χ4n) is 2.95. The zero-order chi connectivity index (χ0) is 16.7. The molecule has 7 heteroatoms. The lowest BCUT2D eigenvalue weighted by Gasteiger charge is -2.20. The van der Waals surface area contributed by atoms with Crippen LogP contribution in [0.2, 0.25) is 0 Å². The van der Waals surface area contributed by atoms with Gasteiger partial charge in [-0.15, -0.1) is 0 Å². The molecule has 0 bridgehead atoms. The lowest BCUT2D eigenvalue weighted by atomic mass is 10.2. The van der Waals surface area contributed by atoms with E-state index in [0.29, 0.717) is 13.2 Å². The van der Waals surface area contributed by atoms with E-state index in [2.05, 4.69) is 28.6 Å². The van der Waals surface area contributed by atoms with Crippen LogP contribution in [0.15, 0.2) is 0 Å². The van der Waals surface area contributed by atoms with Gasteiger partial charge in [0.05, 0.1) is 13.2 Å². The van der Waals surface area contributed by atoms with Crippen molar-refractivity contribution in [2.45, 2.75) is 65.6 Å². The molecule has 0 aliphatic carbocycles. The average molecular weight is 340 g/mol. The van der Waals surface area contributed by atoms with Gasteiger partial charge < -0.3 is 9.88 Å². The zero-order valence-electron chi connectivity index (χ0n) is 14.4. The largest absolute Gasteiger partial charge is 0.355 e. The molecule has 1 amide bonds. The van der Waals surface area contributed by atoms with Crippen molar-refractivity contribution in [1.82, 2.24) is 24.6 Å². The Morgan fingerprint density at radius 1 is 1.30 bits per heavy atom. The van der Waals surface area contributed by atoms with Crippen molar-refractivity contribution in [3.8, 4) is 0 Å². The molecule has 130 valence electrons. The SMILES string of the molecule is CCCNC(=O)CN(CCC)Cn1nc2n(c1=S)CCCCC2. The van der Waals surface area contributed by atoms with Gasteiger partial charge in [-0.25, -0.2) is 4.68 Å². The maximum atomic E-state index is 12.0. The number of nitrogens with one attached hydrogen (secondary N) is 1. The summed E-state index contributed by atoms with van der Waals surface area (Å²) in [6, 6.07) is 0. The van der Waals surface area contributed by atoms with Gasteiger partial charge in [0.15, 0.2) is 4.77 Å². The summed E-state index contributed by atoms with van der Waals surface area (Å²) in [5, 5.41) is 7.64. The number of carbonyl (C=O) groups is 1. The summed E-state index contributed by atoms with van der Waals surface area (Å²) >= 11 is 5.59. The summed E-state index contributed by atoms with van der Waals surface area (Å²) in [4.78, 5) is 14.1. The average Bonchev–Trinajstić information content (AvgIpc) is 2.70. The van der Waals surface area contributed by atoms with Gasteiger partial charge in [-0.2, -0.15) is 5.10 Å². The normalized spacial score (nSPS) is 14.6. The molecule has 2 rings (SSSR count). The van der Waals surface area contributed by atoms with Crippen LogP contribution in [0.1, 0.15) is 51.8 Å². The Balaban J connectivity index is 2.05. The van der Waals surface area contributed by atoms with E-state index in [-0.39, 0.29) is 5.91 Å². The first kappa shape index (κ1) is 18.1. The van der Waals surface area contributed by atoms with E-state index in [1.165, 1.54) is 19.3 Å². The minimum atomic E-state index is 0.0765.